The van der Waals surface area contributed by atoms with Crippen molar-refractivity contribution in [2.75, 3.05) is 0 Å². The molecule has 0 aromatic heterocycles. The third kappa shape index (κ3) is 3.80. The molecule has 2 nitrogen and oxygen atoms in total. The molecule has 0 bridgehead atoms. The minimum absolute atomic E-state index is 0.369. The number of nitrogens with two attached hydrogens (primary N) is 1. The molecule has 2 N–H and O–H groups in total. The quantitative estimate of drug-likeness (QED) is 0.565. The fourth-order valence-corrected chi connectivity index (χ4v) is 3.24. The highest BCUT2D eigenvalue weighted by Crippen LogP contribution is 2.46. The second kappa shape index (κ2) is 4.38. The summed E-state index contributed by atoms with van der Waals surface area (Å²) in [4.78, 5) is 4.72. The van der Waals surface area contributed by atoms with Crippen LogP contribution in [0.2, 0.25) is 0 Å². The lowest BCUT2D eigenvalue weighted by atomic mass is 9.64. The standard InChI is InChI=1S/C14H28N2/c1-10(2)12(15)16-11-7-13(3,4)9-14(5,6)8-11/h10-11H,7-9H2,1-6H3,(H2,15,16). The number of nitrogens with zero attached hydrogens (tertiary/aromatic N) is 1. The van der Waals surface area contributed by atoms with Crippen molar-refractivity contribution in [3.05, 3.63) is 0 Å². The van der Waals surface area contributed by atoms with E-state index in [1.54, 1.807) is 0 Å². The Balaban J connectivity index is 2.79. The maximum absolute atomic E-state index is 5.97. The highest BCUT2D eigenvalue weighted by Gasteiger charge is 2.38. The first-order valence-electron chi connectivity index (χ1n) is 6.44. The normalized spacial score (nSPS) is 26.1. The molecule has 0 aromatic rings. The third-order valence-corrected chi connectivity index (χ3v) is 3.46. The highest BCUT2D eigenvalue weighted by molar-refractivity contribution is 5.82. The Hall–Kier alpha value is -0.530. The van der Waals surface area contributed by atoms with Crippen molar-refractivity contribution in [2.45, 2.75) is 66.8 Å². The lowest BCUT2D eigenvalue weighted by molar-refractivity contribution is 0.0995. The van der Waals surface area contributed by atoms with E-state index in [2.05, 4.69) is 41.5 Å². The van der Waals surface area contributed by atoms with E-state index in [-0.39, 0.29) is 0 Å². The van der Waals surface area contributed by atoms with Gasteiger partial charge in [-0.05, 0) is 30.1 Å². The van der Waals surface area contributed by atoms with E-state index in [1.807, 2.05) is 0 Å². The van der Waals surface area contributed by atoms with E-state index < -0.39 is 0 Å². The molecule has 0 unspecified atom stereocenters. The van der Waals surface area contributed by atoms with Gasteiger partial charge in [0.1, 0.15) is 0 Å². The molecule has 1 fully saturated rings. The predicted molar refractivity (Wildman–Crippen MR) is 71.7 cm³/mol. The summed E-state index contributed by atoms with van der Waals surface area (Å²) in [6.07, 6.45) is 3.63. The van der Waals surface area contributed by atoms with Crippen LogP contribution in [-0.2, 0) is 0 Å². The van der Waals surface area contributed by atoms with Crippen LogP contribution in [0.1, 0.15) is 60.8 Å². The number of hydrogen-bond acceptors (Lipinski definition) is 1. The van der Waals surface area contributed by atoms with Gasteiger partial charge >= 0.3 is 0 Å². The number of aliphatic imine (C=N–C) groups is 1. The van der Waals surface area contributed by atoms with Crippen molar-refractivity contribution in [1.82, 2.24) is 0 Å². The maximum atomic E-state index is 5.97. The van der Waals surface area contributed by atoms with Crippen molar-refractivity contribution >= 4 is 5.84 Å². The first kappa shape index (κ1) is 13.5. The van der Waals surface area contributed by atoms with Crippen molar-refractivity contribution in [3.8, 4) is 0 Å². The van der Waals surface area contributed by atoms with Crippen molar-refractivity contribution in [2.24, 2.45) is 27.5 Å². The van der Waals surface area contributed by atoms with Crippen LogP contribution < -0.4 is 5.73 Å². The van der Waals surface area contributed by atoms with E-state index in [1.165, 1.54) is 19.3 Å². The summed E-state index contributed by atoms with van der Waals surface area (Å²) < 4.78 is 0. The number of hydrogen-bond donors (Lipinski definition) is 1. The molecule has 0 spiro atoms. The van der Waals surface area contributed by atoms with Gasteiger partial charge in [0, 0.05) is 5.92 Å². The Morgan fingerprint density at radius 3 is 1.94 bits per heavy atom. The lowest BCUT2D eigenvalue weighted by Crippen LogP contribution is -2.37. The fraction of sp³-hybridized carbons (Fsp3) is 0.929. The second-order valence-corrected chi connectivity index (χ2v) is 7.28. The maximum Gasteiger partial charge on any atom is 0.0966 e. The SMILES string of the molecule is CC(C)C(N)=NC1CC(C)(C)CC(C)(C)C1. The van der Waals surface area contributed by atoms with Gasteiger partial charge in [0.2, 0.25) is 0 Å². The van der Waals surface area contributed by atoms with Gasteiger partial charge in [-0.1, -0.05) is 41.5 Å². The number of rotatable bonds is 2. The Bertz CT molecular complexity index is 258. The van der Waals surface area contributed by atoms with Gasteiger partial charge in [0.15, 0.2) is 0 Å². The van der Waals surface area contributed by atoms with Crippen LogP contribution in [0.15, 0.2) is 4.99 Å². The summed E-state index contributed by atoms with van der Waals surface area (Å²) in [5.74, 6) is 1.19. The monoisotopic (exact) mass is 224 g/mol. The molecule has 0 atom stereocenters. The lowest BCUT2D eigenvalue weighted by Gasteiger charge is -2.43. The van der Waals surface area contributed by atoms with Gasteiger partial charge < -0.3 is 5.73 Å². The average molecular weight is 224 g/mol. The Morgan fingerprint density at radius 1 is 1.12 bits per heavy atom. The molecule has 1 rings (SSSR count). The summed E-state index contributed by atoms with van der Waals surface area (Å²) in [5.41, 5.74) is 6.77. The summed E-state index contributed by atoms with van der Waals surface area (Å²) in [5, 5.41) is 0. The molecule has 0 aliphatic heterocycles. The van der Waals surface area contributed by atoms with Crippen LogP contribution in [-0.4, -0.2) is 11.9 Å². The Morgan fingerprint density at radius 2 is 1.56 bits per heavy atom. The fourth-order valence-electron chi connectivity index (χ4n) is 3.24. The van der Waals surface area contributed by atoms with E-state index in [4.69, 9.17) is 10.7 Å². The van der Waals surface area contributed by atoms with E-state index in [9.17, 15) is 0 Å². The van der Waals surface area contributed by atoms with Gasteiger partial charge in [0.05, 0.1) is 11.9 Å². The predicted octanol–water partition coefficient (Wildman–Crippen LogP) is 3.60. The summed E-state index contributed by atoms with van der Waals surface area (Å²) in [7, 11) is 0. The molecule has 0 heterocycles. The summed E-state index contributed by atoms with van der Waals surface area (Å²) in [6, 6.07) is 0.418. The zero-order chi connectivity index (χ0) is 12.6. The Kier molecular flexibility index (Phi) is 3.71. The van der Waals surface area contributed by atoms with E-state index in [0.29, 0.717) is 22.8 Å². The first-order chi connectivity index (χ1) is 7.11. The van der Waals surface area contributed by atoms with Crippen LogP contribution >= 0.6 is 0 Å². The van der Waals surface area contributed by atoms with Gasteiger partial charge in [-0.2, -0.15) is 0 Å². The smallest absolute Gasteiger partial charge is 0.0966 e. The zero-order valence-corrected chi connectivity index (χ0v) is 11.8. The molecule has 2 heteroatoms. The molecule has 1 saturated carbocycles. The average Bonchev–Trinajstić information content (AvgIpc) is 1.96. The van der Waals surface area contributed by atoms with E-state index >= 15 is 0 Å². The molecule has 16 heavy (non-hydrogen) atoms. The Labute approximate surface area is 101 Å². The molecular weight excluding hydrogens is 196 g/mol. The van der Waals surface area contributed by atoms with Crippen LogP contribution in [0.4, 0.5) is 0 Å². The molecule has 0 amide bonds. The van der Waals surface area contributed by atoms with Crippen molar-refractivity contribution in [3.63, 3.8) is 0 Å². The summed E-state index contributed by atoms with van der Waals surface area (Å²) >= 11 is 0. The zero-order valence-electron chi connectivity index (χ0n) is 11.8. The third-order valence-electron chi connectivity index (χ3n) is 3.46. The van der Waals surface area contributed by atoms with Crippen LogP contribution in [0.5, 0.6) is 0 Å². The minimum atomic E-state index is 0.369. The van der Waals surface area contributed by atoms with Crippen LogP contribution in [0.3, 0.4) is 0 Å². The molecular formula is C14H28N2. The first-order valence-corrected chi connectivity index (χ1v) is 6.44. The molecule has 0 radical (unpaired) electrons. The second-order valence-electron chi connectivity index (χ2n) is 7.28. The van der Waals surface area contributed by atoms with Crippen LogP contribution in [0, 0.1) is 16.7 Å². The van der Waals surface area contributed by atoms with Gasteiger partial charge in [0.25, 0.3) is 0 Å². The molecule has 0 saturated heterocycles. The van der Waals surface area contributed by atoms with Gasteiger partial charge in [-0.25, -0.2) is 0 Å². The topological polar surface area (TPSA) is 38.4 Å². The molecule has 0 aromatic carbocycles. The van der Waals surface area contributed by atoms with Crippen molar-refractivity contribution in [1.29, 1.82) is 0 Å². The summed E-state index contributed by atoms with van der Waals surface area (Å²) in [6.45, 7) is 13.6. The highest BCUT2D eigenvalue weighted by atomic mass is 14.9. The largest absolute Gasteiger partial charge is 0.387 e. The van der Waals surface area contributed by atoms with Gasteiger partial charge in [-0.15, -0.1) is 0 Å². The molecule has 94 valence electrons. The van der Waals surface area contributed by atoms with Crippen LogP contribution in [0.25, 0.3) is 0 Å². The number of amidine groups is 1. The molecule has 1 aliphatic carbocycles. The van der Waals surface area contributed by atoms with E-state index in [0.717, 1.165) is 5.84 Å². The van der Waals surface area contributed by atoms with Gasteiger partial charge in [-0.3, -0.25) is 4.99 Å². The molecule has 1 aliphatic rings. The van der Waals surface area contributed by atoms with Crippen molar-refractivity contribution < 1.29 is 0 Å². The minimum Gasteiger partial charge on any atom is -0.387 e.